The molecule has 0 saturated carbocycles. The molecule has 0 aliphatic heterocycles. The Morgan fingerprint density at radius 1 is 1.00 bits per heavy atom. The Morgan fingerprint density at radius 3 is 2.45 bits per heavy atom. The van der Waals surface area contributed by atoms with Crippen molar-refractivity contribution < 1.29 is 22.7 Å². The third-order valence-electron chi connectivity index (χ3n) is 4.27. The Morgan fingerprint density at radius 2 is 1.72 bits per heavy atom. The van der Waals surface area contributed by atoms with Gasteiger partial charge in [0.05, 0.1) is 11.3 Å². The third-order valence-corrected chi connectivity index (χ3v) is 5.18. The molecule has 150 valence electrons. The second-order valence-corrected chi connectivity index (χ2v) is 8.11. The van der Waals surface area contributed by atoms with E-state index in [1.54, 1.807) is 0 Å². The van der Waals surface area contributed by atoms with Gasteiger partial charge in [0.1, 0.15) is 0 Å². The van der Waals surface area contributed by atoms with Crippen LogP contribution in [0.25, 0.3) is 10.8 Å². The van der Waals surface area contributed by atoms with Crippen LogP contribution in [0.4, 0.5) is 5.69 Å². The summed E-state index contributed by atoms with van der Waals surface area (Å²) in [6, 6.07) is 19.0. The maximum atomic E-state index is 12.3. The standard InChI is InChI=1S/C21H20N2O5S/c1-14(21(25)23-18-7-4-8-19(13-18)29(22,26)27)28-20(24)12-15-9-10-16-5-2-3-6-17(16)11-15/h2-11,13-14H,12H2,1H3,(H,23,25)(H2,22,26,27). The molecular formula is C21H20N2O5S. The van der Waals surface area contributed by atoms with Crippen molar-refractivity contribution in [3.63, 3.8) is 0 Å². The average Bonchev–Trinajstić information content (AvgIpc) is 2.67. The Balaban J connectivity index is 1.60. The average molecular weight is 412 g/mol. The lowest BCUT2D eigenvalue weighted by atomic mass is 10.1. The predicted octanol–water partition coefficient (Wildman–Crippen LogP) is 2.60. The summed E-state index contributed by atoms with van der Waals surface area (Å²) < 4.78 is 28.0. The summed E-state index contributed by atoms with van der Waals surface area (Å²) in [4.78, 5) is 24.3. The van der Waals surface area contributed by atoms with Gasteiger partial charge in [-0.15, -0.1) is 0 Å². The largest absolute Gasteiger partial charge is 0.452 e. The number of ether oxygens (including phenoxy) is 1. The molecule has 0 aromatic heterocycles. The number of hydrogen-bond acceptors (Lipinski definition) is 5. The molecule has 1 unspecified atom stereocenters. The van der Waals surface area contributed by atoms with Crippen molar-refractivity contribution in [2.24, 2.45) is 5.14 Å². The number of fused-ring (bicyclic) bond motifs is 1. The molecule has 0 fully saturated rings. The van der Waals surface area contributed by atoms with Gasteiger partial charge >= 0.3 is 5.97 Å². The SMILES string of the molecule is CC(OC(=O)Cc1ccc2ccccc2c1)C(=O)Nc1cccc(S(N)(=O)=O)c1. The topological polar surface area (TPSA) is 116 Å². The number of primary sulfonamides is 1. The van der Waals surface area contributed by atoms with Gasteiger partial charge in [-0.05, 0) is 41.5 Å². The first-order valence-electron chi connectivity index (χ1n) is 8.83. The molecule has 0 aliphatic carbocycles. The van der Waals surface area contributed by atoms with Gasteiger partial charge in [-0.25, -0.2) is 13.6 Å². The Labute approximate surface area is 168 Å². The number of hydrogen-bond donors (Lipinski definition) is 2. The Kier molecular flexibility index (Phi) is 5.95. The Hall–Kier alpha value is -3.23. The second-order valence-electron chi connectivity index (χ2n) is 6.55. The molecule has 0 saturated heterocycles. The smallest absolute Gasteiger partial charge is 0.311 e. The van der Waals surface area contributed by atoms with Gasteiger partial charge in [0.25, 0.3) is 5.91 Å². The highest BCUT2D eigenvalue weighted by molar-refractivity contribution is 7.89. The lowest BCUT2D eigenvalue weighted by Crippen LogP contribution is -2.30. The highest BCUT2D eigenvalue weighted by atomic mass is 32.2. The summed E-state index contributed by atoms with van der Waals surface area (Å²) >= 11 is 0. The lowest BCUT2D eigenvalue weighted by Gasteiger charge is -2.14. The van der Waals surface area contributed by atoms with E-state index in [1.165, 1.54) is 31.2 Å². The van der Waals surface area contributed by atoms with Crippen molar-refractivity contribution in [1.82, 2.24) is 0 Å². The Bertz CT molecular complexity index is 1170. The fourth-order valence-corrected chi connectivity index (χ4v) is 3.36. The van der Waals surface area contributed by atoms with Crippen LogP contribution in [0.5, 0.6) is 0 Å². The van der Waals surface area contributed by atoms with Gasteiger partial charge in [-0.1, -0.05) is 48.5 Å². The number of anilines is 1. The minimum Gasteiger partial charge on any atom is -0.452 e. The summed E-state index contributed by atoms with van der Waals surface area (Å²) in [6.45, 7) is 1.44. The molecule has 29 heavy (non-hydrogen) atoms. The zero-order chi connectivity index (χ0) is 21.0. The minimum atomic E-state index is -3.89. The fraction of sp³-hybridized carbons (Fsp3) is 0.143. The van der Waals surface area contributed by atoms with Crippen LogP contribution in [-0.4, -0.2) is 26.4 Å². The number of nitrogens with two attached hydrogens (primary N) is 1. The normalized spacial score (nSPS) is 12.3. The number of esters is 1. The van der Waals surface area contributed by atoms with E-state index in [9.17, 15) is 18.0 Å². The van der Waals surface area contributed by atoms with Crippen molar-refractivity contribution >= 4 is 38.4 Å². The monoisotopic (exact) mass is 412 g/mol. The maximum absolute atomic E-state index is 12.3. The molecule has 0 radical (unpaired) electrons. The highest BCUT2D eigenvalue weighted by Gasteiger charge is 2.19. The molecule has 1 amide bonds. The van der Waals surface area contributed by atoms with Crippen molar-refractivity contribution in [3.05, 3.63) is 72.3 Å². The van der Waals surface area contributed by atoms with Gasteiger partial charge in [-0.2, -0.15) is 0 Å². The molecule has 8 heteroatoms. The summed E-state index contributed by atoms with van der Waals surface area (Å²) in [6.07, 6.45) is -1.02. The minimum absolute atomic E-state index is 0.0311. The predicted molar refractivity (Wildman–Crippen MR) is 110 cm³/mol. The van der Waals surface area contributed by atoms with Crippen LogP contribution in [0, 0.1) is 0 Å². The summed E-state index contributed by atoms with van der Waals surface area (Å²) in [5.74, 6) is -1.12. The van der Waals surface area contributed by atoms with Gasteiger partial charge in [0.15, 0.2) is 6.10 Å². The maximum Gasteiger partial charge on any atom is 0.311 e. The van der Waals surface area contributed by atoms with E-state index in [1.807, 2.05) is 42.5 Å². The van der Waals surface area contributed by atoms with Crippen LogP contribution < -0.4 is 10.5 Å². The van der Waals surface area contributed by atoms with E-state index in [0.717, 1.165) is 16.3 Å². The van der Waals surface area contributed by atoms with Crippen LogP contribution in [0.1, 0.15) is 12.5 Å². The van der Waals surface area contributed by atoms with Crippen molar-refractivity contribution in [1.29, 1.82) is 0 Å². The number of rotatable bonds is 6. The van der Waals surface area contributed by atoms with E-state index in [-0.39, 0.29) is 17.0 Å². The van der Waals surface area contributed by atoms with Crippen molar-refractivity contribution in [3.8, 4) is 0 Å². The van der Waals surface area contributed by atoms with E-state index >= 15 is 0 Å². The quantitative estimate of drug-likeness (QED) is 0.604. The molecule has 1 atom stereocenters. The van der Waals surface area contributed by atoms with E-state index < -0.39 is 28.0 Å². The molecule has 0 heterocycles. The first-order valence-corrected chi connectivity index (χ1v) is 10.4. The van der Waals surface area contributed by atoms with Crippen LogP contribution in [0.2, 0.25) is 0 Å². The lowest BCUT2D eigenvalue weighted by molar-refractivity contribution is -0.152. The molecule has 0 spiro atoms. The van der Waals surface area contributed by atoms with Crippen LogP contribution in [0.15, 0.2) is 71.6 Å². The van der Waals surface area contributed by atoms with Crippen molar-refractivity contribution in [2.45, 2.75) is 24.3 Å². The number of carbonyl (C=O) groups is 2. The number of nitrogens with one attached hydrogen (secondary N) is 1. The van der Waals surface area contributed by atoms with Gasteiger partial charge in [-0.3, -0.25) is 9.59 Å². The van der Waals surface area contributed by atoms with Crippen LogP contribution in [0.3, 0.4) is 0 Å². The van der Waals surface area contributed by atoms with Crippen LogP contribution in [-0.2, 0) is 30.8 Å². The molecule has 3 aromatic rings. The highest BCUT2D eigenvalue weighted by Crippen LogP contribution is 2.17. The summed E-state index contributed by atoms with van der Waals surface area (Å²) in [5, 5.41) is 9.67. The molecular weight excluding hydrogens is 392 g/mol. The molecule has 3 aromatic carbocycles. The summed E-state index contributed by atoms with van der Waals surface area (Å²) in [7, 11) is -3.89. The van der Waals surface area contributed by atoms with Gasteiger partial charge < -0.3 is 10.1 Å². The third kappa shape index (κ3) is 5.40. The molecule has 7 nitrogen and oxygen atoms in total. The summed E-state index contributed by atoms with van der Waals surface area (Å²) in [5.41, 5.74) is 1.01. The number of benzene rings is 3. The van der Waals surface area contributed by atoms with Gasteiger partial charge in [0, 0.05) is 5.69 Å². The zero-order valence-electron chi connectivity index (χ0n) is 15.7. The zero-order valence-corrected chi connectivity index (χ0v) is 16.5. The van der Waals surface area contributed by atoms with Crippen molar-refractivity contribution in [2.75, 3.05) is 5.32 Å². The van der Waals surface area contributed by atoms with Crippen LogP contribution >= 0.6 is 0 Å². The number of carbonyl (C=O) groups excluding carboxylic acids is 2. The van der Waals surface area contributed by atoms with E-state index in [2.05, 4.69) is 5.32 Å². The molecule has 0 bridgehead atoms. The first kappa shape index (κ1) is 20.5. The second kappa shape index (κ2) is 8.42. The number of sulfonamides is 1. The van der Waals surface area contributed by atoms with Gasteiger partial charge in [0.2, 0.25) is 10.0 Å². The molecule has 3 rings (SSSR count). The first-order chi connectivity index (χ1) is 13.7. The number of amides is 1. The van der Waals surface area contributed by atoms with E-state index in [4.69, 9.17) is 9.88 Å². The fourth-order valence-electron chi connectivity index (χ4n) is 2.80. The molecule has 3 N–H and O–H groups in total. The molecule has 0 aliphatic rings. The van der Waals surface area contributed by atoms with E-state index in [0.29, 0.717) is 0 Å².